The zero-order valence-electron chi connectivity index (χ0n) is 18.0. The number of nitriles is 1. The van der Waals surface area contributed by atoms with Crippen LogP contribution in [0.3, 0.4) is 0 Å². The maximum Gasteiger partial charge on any atom is 0.174 e. The third kappa shape index (κ3) is 3.13. The molecule has 3 rings (SSSR count). The quantitative estimate of drug-likeness (QED) is 0.725. The zero-order valence-corrected chi connectivity index (χ0v) is 18.0. The Bertz CT molecular complexity index is 609. The molecule has 0 bridgehead atoms. The molecule has 5 nitrogen and oxygen atoms in total. The average Bonchev–Trinajstić information content (AvgIpc) is 2.82. The molecule has 3 aliphatic rings. The van der Waals surface area contributed by atoms with Crippen LogP contribution in [0.5, 0.6) is 0 Å². The van der Waals surface area contributed by atoms with Crippen LogP contribution in [0.25, 0.3) is 0 Å². The van der Waals surface area contributed by atoms with Gasteiger partial charge in [-0.05, 0) is 36.0 Å². The predicted octanol–water partition coefficient (Wildman–Crippen LogP) is 3.84. The van der Waals surface area contributed by atoms with Crippen molar-refractivity contribution in [2.75, 3.05) is 0 Å². The van der Waals surface area contributed by atoms with Crippen molar-refractivity contribution in [1.29, 1.82) is 5.26 Å². The number of aliphatic hydroxyl groups is 2. The molecular weight excluding hydrogens is 342 g/mol. The number of aliphatic hydroxyl groups excluding tert-OH is 2. The summed E-state index contributed by atoms with van der Waals surface area (Å²) >= 11 is 0. The van der Waals surface area contributed by atoms with Crippen molar-refractivity contribution < 1.29 is 19.7 Å². The molecular formula is C22H37NO4. The van der Waals surface area contributed by atoms with Crippen molar-refractivity contribution in [2.45, 2.75) is 98.9 Å². The lowest BCUT2D eigenvalue weighted by Gasteiger charge is -2.56. The molecule has 1 heterocycles. The molecule has 8 atom stereocenters. The van der Waals surface area contributed by atoms with E-state index in [1.165, 1.54) is 0 Å². The highest BCUT2D eigenvalue weighted by Crippen LogP contribution is 2.63. The van der Waals surface area contributed by atoms with E-state index >= 15 is 0 Å². The molecule has 2 N–H and O–H groups in total. The molecule has 0 spiro atoms. The van der Waals surface area contributed by atoms with Gasteiger partial charge in [0.1, 0.15) is 5.41 Å². The van der Waals surface area contributed by atoms with Crippen LogP contribution < -0.4 is 0 Å². The summed E-state index contributed by atoms with van der Waals surface area (Å²) in [5.41, 5.74) is -1.33. The van der Waals surface area contributed by atoms with Crippen molar-refractivity contribution in [3.8, 4) is 6.07 Å². The minimum absolute atomic E-state index is 0.0203. The number of ether oxygens (including phenoxy) is 2. The van der Waals surface area contributed by atoms with Crippen LogP contribution in [-0.4, -0.2) is 35.0 Å². The maximum absolute atomic E-state index is 11.2. The smallest absolute Gasteiger partial charge is 0.174 e. The number of rotatable bonds is 4. The van der Waals surface area contributed by atoms with Gasteiger partial charge in [-0.3, -0.25) is 0 Å². The summed E-state index contributed by atoms with van der Waals surface area (Å²) in [7, 11) is 0. The minimum Gasteiger partial charge on any atom is -0.367 e. The van der Waals surface area contributed by atoms with Crippen molar-refractivity contribution in [3.05, 3.63) is 0 Å². The first-order chi connectivity index (χ1) is 12.3. The molecule has 154 valence electrons. The van der Waals surface area contributed by atoms with Gasteiger partial charge in [-0.1, -0.05) is 54.9 Å². The monoisotopic (exact) mass is 379 g/mol. The Balaban J connectivity index is 1.80. The second-order valence-electron chi connectivity index (χ2n) is 11.5. The fourth-order valence-electron chi connectivity index (χ4n) is 5.77. The fourth-order valence-corrected chi connectivity index (χ4v) is 5.77. The molecule has 0 aromatic rings. The second kappa shape index (κ2) is 6.42. The van der Waals surface area contributed by atoms with Crippen LogP contribution >= 0.6 is 0 Å². The van der Waals surface area contributed by atoms with Gasteiger partial charge in [0, 0.05) is 11.3 Å². The standard InChI is InChI=1S/C22H37NO4/c1-19(2,3)11-21(7,20(4,5)6)17(24)26-15-13-9-8-10-22(12-23)14(13)16(15)27-18(22)25/h13-18,24-25H,8-11H2,1-7H3. The third-order valence-corrected chi connectivity index (χ3v) is 7.66. The Kier molecular flexibility index (Phi) is 5.00. The molecule has 0 radical (unpaired) electrons. The van der Waals surface area contributed by atoms with E-state index in [1.54, 1.807) is 0 Å². The minimum atomic E-state index is -1.05. The maximum atomic E-state index is 11.2. The molecule has 5 heteroatoms. The predicted molar refractivity (Wildman–Crippen MR) is 102 cm³/mol. The van der Waals surface area contributed by atoms with E-state index in [4.69, 9.17) is 9.47 Å². The topological polar surface area (TPSA) is 82.7 Å². The van der Waals surface area contributed by atoms with Gasteiger partial charge in [0.2, 0.25) is 0 Å². The highest BCUT2D eigenvalue weighted by molar-refractivity contribution is 5.22. The summed E-state index contributed by atoms with van der Waals surface area (Å²) in [6, 6.07) is 2.36. The first kappa shape index (κ1) is 21.0. The van der Waals surface area contributed by atoms with Crippen molar-refractivity contribution in [3.63, 3.8) is 0 Å². The van der Waals surface area contributed by atoms with Gasteiger partial charge in [-0.2, -0.15) is 5.26 Å². The van der Waals surface area contributed by atoms with Gasteiger partial charge in [-0.15, -0.1) is 0 Å². The molecule has 27 heavy (non-hydrogen) atoms. The SMILES string of the molecule is CC(C)(C)CC(C)(C(O)OC1C2CCCC3(C#N)C(O)OC1C23)C(C)(C)C. The second-order valence-corrected chi connectivity index (χ2v) is 11.5. The normalized spacial score (nSPS) is 41.9. The molecule has 2 saturated carbocycles. The van der Waals surface area contributed by atoms with Gasteiger partial charge in [-0.25, -0.2) is 0 Å². The molecule has 0 aromatic heterocycles. The van der Waals surface area contributed by atoms with Crippen molar-refractivity contribution >= 4 is 0 Å². The van der Waals surface area contributed by atoms with Crippen LogP contribution in [0.4, 0.5) is 0 Å². The van der Waals surface area contributed by atoms with Crippen LogP contribution in [0, 0.1) is 44.8 Å². The summed E-state index contributed by atoms with van der Waals surface area (Å²) in [6.45, 7) is 15.1. The summed E-state index contributed by atoms with van der Waals surface area (Å²) < 4.78 is 12.0. The summed E-state index contributed by atoms with van der Waals surface area (Å²) in [6.07, 6.45) is 0.829. The summed E-state index contributed by atoms with van der Waals surface area (Å²) in [4.78, 5) is 0. The fraction of sp³-hybridized carbons (Fsp3) is 0.955. The Morgan fingerprint density at radius 3 is 2.37 bits per heavy atom. The Hall–Kier alpha value is -0.670. The van der Waals surface area contributed by atoms with Crippen LogP contribution in [0.15, 0.2) is 0 Å². The average molecular weight is 380 g/mol. The zero-order chi connectivity index (χ0) is 20.4. The Labute approximate surface area is 164 Å². The Morgan fingerprint density at radius 1 is 1.22 bits per heavy atom. The van der Waals surface area contributed by atoms with Crippen molar-refractivity contribution in [2.24, 2.45) is 33.5 Å². The first-order valence-corrected chi connectivity index (χ1v) is 10.4. The van der Waals surface area contributed by atoms with Crippen LogP contribution in [0.2, 0.25) is 0 Å². The largest absolute Gasteiger partial charge is 0.367 e. The van der Waals surface area contributed by atoms with Crippen LogP contribution in [-0.2, 0) is 9.47 Å². The lowest BCUT2D eigenvalue weighted by atomic mass is 9.52. The molecule has 2 aliphatic carbocycles. The van der Waals surface area contributed by atoms with E-state index in [2.05, 4.69) is 54.5 Å². The lowest BCUT2D eigenvalue weighted by molar-refractivity contribution is -0.294. The van der Waals surface area contributed by atoms with Crippen molar-refractivity contribution in [1.82, 2.24) is 0 Å². The van der Waals surface area contributed by atoms with Gasteiger partial charge < -0.3 is 19.7 Å². The van der Waals surface area contributed by atoms with E-state index in [9.17, 15) is 15.5 Å². The number of hydrogen-bond donors (Lipinski definition) is 2. The molecule has 0 aromatic carbocycles. The van der Waals surface area contributed by atoms with Gasteiger partial charge in [0.25, 0.3) is 0 Å². The summed E-state index contributed by atoms with van der Waals surface area (Å²) in [5.74, 6) is 0.195. The van der Waals surface area contributed by atoms with Gasteiger partial charge in [0.05, 0.1) is 18.3 Å². The van der Waals surface area contributed by atoms with Crippen LogP contribution in [0.1, 0.15) is 74.1 Å². The van der Waals surface area contributed by atoms with Gasteiger partial charge in [0.15, 0.2) is 12.6 Å². The highest BCUT2D eigenvalue weighted by atomic mass is 16.7. The number of hydrogen-bond acceptors (Lipinski definition) is 5. The third-order valence-electron chi connectivity index (χ3n) is 7.66. The number of nitrogens with zero attached hydrogens (tertiary/aromatic N) is 1. The van der Waals surface area contributed by atoms with E-state index in [-0.39, 0.29) is 34.9 Å². The molecule has 1 saturated heterocycles. The van der Waals surface area contributed by atoms with E-state index in [0.717, 1.165) is 19.3 Å². The van der Waals surface area contributed by atoms with E-state index in [0.29, 0.717) is 6.42 Å². The molecule has 1 aliphatic heterocycles. The molecule has 0 amide bonds. The molecule has 3 fully saturated rings. The Morgan fingerprint density at radius 2 is 1.85 bits per heavy atom. The van der Waals surface area contributed by atoms with E-state index in [1.807, 2.05) is 0 Å². The highest BCUT2D eigenvalue weighted by Gasteiger charge is 2.71. The first-order valence-electron chi connectivity index (χ1n) is 10.4. The lowest BCUT2D eigenvalue weighted by Crippen LogP contribution is -2.63. The van der Waals surface area contributed by atoms with Gasteiger partial charge >= 0.3 is 0 Å². The van der Waals surface area contributed by atoms with E-state index < -0.39 is 23.4 Å². The molecule has 8 unspecified atom stereocenters. The summed E-state index contributed by atoms with van der Waals surface area (Å²) in [5, 5.41) is 31.3.